The van der Waals surface area contributed by atoms with E-state index in [4.69, 9.17) is 12.9 Å². The minimum absolute atomic E-state index is 0.713. The second kappa shape index (κ2) is 15.1. The molecular weight excluding hydrogens is 783 g/mol. The van der Waals surface area contributed by atoms with Crippen LogP contribution in [0.5, 0.6) is 5.75 Å². The van der Waals surface area contributed by atoms with E-state index in [0.29, 0.717) is 5.75 Å². The third-order valence-corrected chi connectivity index (χ3v) is 15.2. The maximum Gasteiger partial charge on any atom is 0.453 e. The third kappa shape index (κ3) is 6.66. The summed E-state index contributed by atoms with van der Waals surface area (Å²) in [5.41, 5.74) is 8.71. The molecular formula is C56H42O3P2. The van der Waals surface area contributed by atoms with Crippen LogP contribution in [0.3, 0.4) is 0 Å². The van der Waals surface area contributed by atoms with Crippen molar-refractivity contribution in [2.45, 2.75) is 27.7 Å². The van der Waals surface area contributed by atoms with Gasteiger partial charge in [0.15, 0.2) is 0 Å². The molecule has 0 saturated heterocycles. The van der Waals surface area contributed by atoms with Gasteiger partial charge in [-0.05, 0) is 113 Å². The zero-order valence-electron chi connectivity index (χ0n) is 34.4. The molecule has 0 fully saturated rings. The van der Waals surface area contributed by atoms with Gasteiger partial charge in [-0.15, -0.1) is 0 Å². The Morgan fingerprint density at radius 3 is 1.28 bits per heavy atom. The van der Waals surface area contributed by atoms with Crippen molar-refractivity contribution in [2.75, 3.05) is 0 Å². The molecule has 61 heavy (non-hydrogen) atoms. The van der Waals surface area contributed by atoms with Gasteiger partial charge < -0.3 is 12.9 Å². The molecule has 0 unspecified atom stereocenters. The molecule has 0 aliphatic carbocycles. The predicted octanol–water partition coefficient (Wildman–Crippen LogP) is 15.4. The molecule has 0 aliphatic rings. The Hall–Kier alpha value is -6.63. The molecule has 294 valence electrons. The number of aryl methyl sites for hydroxylation is 4. The summed E-state index contributed by atoms with van der Waals surface area (Å²) in [6.07, 6.45) is 0. The SMILES string of the molecule is Cc1cc(C)cc(P(c2cc(C)cc(C)c2)c2ccc3ccccc3c2-c2c(Op3oc4ccc5ccccc5c4c4c(ccc5ccccc54)o3)ccc3ccccc23)c1. The van der Waals surface area contributed by atoms with Crippen LogP contribution in [0.15, 0.2) is 190 Å². The number of rotatable bonds is 6. The average molecular weight is 825 g/mol. The van der Waals surface area contributed by atoms with Crippen molar-refractivity contribution in [3.05, 3.63) is 204 Å². The van der Waals surface area contributed by atoms with Gasteiger partial charge in [-0.2, -0.15) is 0 Å². The van der Waals surface area contributed by atoms with E-state index in [9.17, 15) is 0 Å². The van der Waals surface area contributed by atoms with E-state index in [0.717, 1.165) is 65.4 Å². The van der Waals surface area contributed by atoms with Gasteiger partial charge in [0, 0.05) is 21.9 Å². The lowest BCUT2D eigenvalue weighted by molar-refractivity contribution is 0.500. The molecule has 3 nitrogen and oxygen atoms in total. The van der Waals surface area contributed by atoms with Crippen molar-refractivity contribution < 1.29 is 12.9 Å². The summed E-state index contributed by atoms with van der Waals surface area (Å²) in [5.74, 6) is 0.713. The second-order valence-electron chi connectivity index (χ2n) is 16.2. The molecule has 11 rings (SSSR count). The zero-order chi connectivity index (χ0) is 41.2. The molecule has 0 amide bonds. The third-order valence-electron chi connectivity index (χ3n) is 11.8. The molecule has 11 aromatic rings. The van der Waals surface area contributed by atoms with E-state index in [-0.39, 0.29) is 0 Å². The largest absolute Gasteiger partial charge is 0.453 e. The lowest BCUT2D eigenvalue weighted by Gasteiger charge is -2.26. The van der Waals surface area contributed by atoms with Crippen molar-refractivity contribution in [1.82, 2.24) is 0 Å². The van der Waals surface area contributed by atoms with Crippen LogP contribution in [0.1, 0.15) is 22.3 Å². The molecule has 1 heterocycles. The molecule has 0 bridgehead atoms. The van der Waals surface area contributed by atoms with Crippen LogP contribution in [-0.4, -0.2) is 0 Å². The van der Waals surface area contributed by atoms with Crippen molar-refractivity contribution in [3.8, 4) is 16.9 Å². The fourth-order valence-electron chi connectivity index (χ4n) is 9.35. The number of benzene rings is 10. The van der Waals surface area contributed by atoms with Gasteiger partial charge in [-0.1, -0.05) is 186 Å². The molecule has 10 aromatic carbocycles. The lowest BCUT2D eigenvalue weighted by Crippen LogP contribution is -2.23. The van der Waals surface area contributed by atoms with Crippen LogP contribution in [-0.2, 0) is 0 Å². The van der Waals surface area contributed by atoms with Gasteiger partial charge >= 0.3 is 8.24 Å². The summed E-state index contributed by atoms with van der Waals surface area (Å²) in [6.45, 7) is 8.83. The minimum atomic E-state index is -1.99. The summed E-state index contributed by atoms with van der Waals surface area (Å²) in [4.78, 5) is 0. The summed E-state index contributed by atoms with van der Waals surface area (Å²) < 4.78 is 21.2. The van der Waals surface area contributed by atoms with E-state index in [1.807, 2.05) is 0 Å². The first kappa shape index (κ1) is 37.4. The Balaban J connectivity index is 1.23. The first-order valence-electron chi connectivity index (χ1n) is 20.7. The highest BCUT2D eigenvalue weighted by atomic mass is 31.1. The van der Waals surface area contributed by atoms with Crippen molar-refractivity contribution in [2.24, 2.45) is 0 Å². The summed E-state index contributed by atoms with van der Waals surface area (Å²) in [7, 11) is -3.02. The van der Waals surface area contributed by atoms with Crippen molar-refractivity contribution in [3.63, 3.8) is 0 Å². The van der Waals surface area contributed by atoms with E-state index in [1.54, 1.807) is 0 Å². The van der Waals surface area contributed by atoms with Crippen LogP contribution in [0.25, 0.3) is 76.2 Å². The molecule has 0 spiro atoms. The number of hydrogen-bond donors (Lipinski definition) is 0. The van der Waals surface area contributed by atoms with Crippen LogP contribution in [0, 0.1) is 27.7 Å². The Kier molecular flexibility index (Phi) is 9.27. The smallest absolute Gasteiger partial charge is 0.390 e. The molecule has 0 radical (unpaired) electrons. The fourth-order valence-corrected chi connectivity index (χ4v) is 13.3. The van der Waals surface area contributed by atoms with Gasteiger partial charge in [-0.25, -0.2) is 0 Å². The standard InChI is InChI=1S/C56H42O3P2/c1-35-29-36(2)32-43(31-35)60(44-33-37(3)30-38(4)34-44)52-28-24-42-16-8-12-20-48(42)56(52)55-47-19-11-7-15-41(47)23-27-51(55)59-61-57-49-25-21-39-13-5-9-17-45(39)53(49)54-46-18-10-6-14-40(46)22-26-50(54)58-61/h5-34H,1-4H3. The summed E-state index contributed by atoms with van der Waals surface area (Å²) >= 11 is 0. The van der Waals surface area contributed by atoms with Crippen molar-refractivity contribution in [1.29, 1.82) is 0 Å². The van der Waals surface area contributed by atoms with Gasteiger partial charge in [0.1, 0.15) is 16.9 Å². The number of fused-ring (bicyclic) bond motifs is 9. The zero-order valence-corrected chi connectivity index (χ0v) is 36.2. The normalized spacial score (nSPS) is 11.8. The predicted molar refractivity (Wildman–Crippen MR) is 262 cm³/mol. The lowest BCUT2D eigenvalue weighted by atomic mass is 9.93. The highest BCUT2D eigenvalue weighted by molar-refractivity contribution is 7.80. The van der Waals surface area contributed by atoms with Crippen LogP contribution < -0.4 is 20.4 Å². The van der Waals surface area contributed by atoms with Crippen LogP contribution in [0.2, 0.25) is 0 Å². The molecule has 0 atom stereocenters. The first-order chi connectivity index (χ1) is 29.9. The van der Waals surface area contributed by atoms with Crippen LogP contribution >= 0.6 is 16.2 Å². The Morgan fingerprint density at radius 1 is 0.393 bits per heavy atom. The van der Waals surface area contributed by atoms with Gasteiger partial charge in [-0.3, -0.25) is 0 Å². The molecule has 0 aliphatic heterocycles. The Labute approximate surface area is 357 Å². The monoisotopic (exact) mass is 824 g/mol. The fraction of sp³-hybridized carbons (Fsp3) is 0.0714. The molecule has 0 saturated carbocycles. The van der Waals surface area contributed by atoms with E-state index in [2.05, 4.69) is 210 Å². The average Bonchev–Trinajstić information content (AvgIpc) is 3.43. The van der Waals surface area contributed by atoms with E-state index < -0.39 is 16.2 Å². The maximum absolute atomic E-state index is 7.27. The molecule has 1 aromatic heterocycles. The van der Waals surface area contributed by atoms with E-state index in [1.165, 1.54) is 48.9 Å². The highest BCUT2D eigenvalue weighted by Gasteiger charge is 2.27. The van der Waals surface area contributed by atoms with Gasteiger partial charge in [0.05, 0.1) is 0 Å². The molecule has 5 heteroatoms. The number of hydrogen-bond acceptors (Lipinski definition) is 3. The Bertz CT molecular complexity index is 3400. The first-order valence-corrected chi connectivity index (χ1v) is 23.2. The maximum atomic E-state index is 7.27. The quantitative estimate of drug-likeness (QED) is 0.157. The van der Waals surface area contributed by atoms with E-state index >= 15 is 0 Å². The summed E-state index contributed by atoms with van der Waals surface area (Å²) in [6, 6.07) is 65.8. The highest BCUT2D eigenvalue weighted by Crippen LogP contribution is 2.49. The van der Waals surface area contributed by atoms with Gasteiger partial charge in [0.2, 0.25) is 0 Å². The van der Waals surface area contributed by atoms with Crippen molar-refractivity contribution >= 4 is 97.1 Å². The van der Waals surface area contributed by atoms with Gasteiger partial charge in [0.25, 0.3) is 0 Å². The Morgan fingerprint density at radius 2 is 0.787 bits per heavy atom. The summed E-state index contributed by atoms with van der Waals surface area (Å²) in [5, 5.41) is 15.0. The topological polar surface area (TPSA) is 35.5 Å². The second-order valence-corrected chi connectivity index (χ2v) is 19.4. The van der Waals surface area contributed by atoms with Crippen LogP contribution in [0.4, 0.5) is 0 Å². The minimum Gasteiger partial charge on any atom is -0.390 e. The molecule has 0 N–H and O–H groups in total.